The largest absolute Gasteiger partial charge is 0.416 e. The first-order valence-corrected chi connectivity index (χ1v) is 5.18. The number of hydrogen-bond acceptors (Lipinski definition) is 2. The molecule has 0 bridgehead atoms. The highest BCUT2D eigenvalue weighted by Crippen LogP contribution is 2.31. The summed E-state index contributed by atoms with van der Waals surface area (Å²) in [6.45, 7) is 0. The summed E-state index contributed by atoms with van der Waals surface area (Å²) in [6, 6.07) is 11.6. The summed E-state index contributed by atoms with van der Waals surface area (Å²) < 4.78 is 37.2. The summed E-state index contributed by atoms with van der Waals surface area (Å²) in [4.78, 5) is 0. The molecular weight excluding hydrogens is 243 g/mol. The summed E-state index contributed by atoms with van der Waals surface area (Å²) in [7, 11) is 0. The van der Waals surface area contributed by atoms with Crippen LogP contribution in [0, 0.1) is 0 Å². The highest BCUT2D eigenvalue weighted by Gasteiger charge is 2.29. The van der Waals surface area contributed by atoms with Gasteiger partial charge < -0.3 is 0 Å². The molecule has 2 nitrogen and oxygen atoms in total. The van der Waals surface area contributed by atoms with E-state index in [1.807, 2.05) is 5.48 Å². The highest BCUT2D eigenvalue weighted by molar-refractivity contribution is 5.66. The van der Waals surface area contributed by atoms with E-state index in [1.54, 1.807) is 24.3 Å². The van der Waals surface area contributed by atoms with E-state index in [2.05, 4.69) is 0 Å². The third-order valence-corrected chi connectivity index (χ3v) is 2.56. The van der Waals surface area contributed by atoms with E-state index in [4.69, 9.17) is 5.21 Å². The zero-order valence-electron chi connectivity index (χ0n) is 9.20. The van der Waals surface area contributed by atoms with Crippen LogP contribution in [0.5, 0.6) is 0 Å². The van der Waals surface area contributed by atoms with Gasteiger partial charge in [0, 0.05) is 0 Å². The molecule has 2 N–H and O–H groups in total. The minimum absolute atomic E-state index is 0.519. The Morgan fingerprint density at radius 3 is 1.61 bits per heavy atom. The molecule has 5 heteroatoms. The average molecular weight is 253 g/mol. The van der Waals surface area contributed by atoms with Gasteiger partial charge in [-0.1, -0.05) is 24.3 Å². The third kappa shape index (κ3) is 2.62. The van der Waals surface area contributed by atoms with E-state index in [0.29, 0.717) is 11.3 Å². The molecule has 0 aliphatic heterocycles. The van der Waals surface area contributed by atoms with E-state index < -0.39 is 11.7 Å². The molecule has 0 atom stereocenters. The number of nitrogens with one attached hydrogen (secondary N) is 1. The summed E-state index contributed by atoms with van der Waals surface area (Å²) in [5.74, 6) is 0. The predicted molar refractivity (Wildman–Crippen MR) is 62.3 cm³/mol. The van der Waals surface area contributed by atoms with Crippen LogP contribution >= 0.6 is 0 Å². The van der Waals surface area contributed by atoms with Crippen LogP contribution in [0.4, 0.5) is 18.9 Å². The molecule has 0 fully saturated rings. The number of rotatable bonds is 2. The standard InChI is InChI=1S/C13H10F3NO/c14-13(15,16)11-5-1-9(2-6-11)10-3-7-12(17-18)8-4-10/h1-8,17-18H. The lowest BCUT2D eigenvalue weighted by Gasteiger charge is -2.08. The highest BCUT2D eigenvalue weighted by atomic mass is 19.4. The Morgan fingerprint density at radius 1 is 0.778 bits per heavy atom. The monoisotopic (exact) mass is 253 g/mol. The predicted octanol–water partition coefficient (Wildman–Crippen LogP) is 4.17. The van der Waals surface area contributed by atoms with Gasteiger partial charge in [-0.2, -0.15) is 13.2 Å². The van der Waals surface area contributed by atoms with Crippen molar-refractivity contribution in [2.24, 2.45) is 0 Å². The van der Waals surface area contributed by atoms with Gasteiger partial charge in [-0.05, 0) is 35.4 Å². The first-order valence-electron chi connectivity index (χ1n) is 5.18. The maximum Gasteiger partial charge on any atom is 0.416 e. The average Bonchev–Trinajstić information content (AvgIpc) is 2.38. The second-order valence-electron chi connectivity index (χ2n) is 3.76. The Kier molecular flexibility index (Phi) is 3.25. The molecule has 2 aromatic carbocycles. The fourth-order valence-electron chi connectivity index (χ4n) is 1.59. The Hall–Kier alpha value is -2.01. The lowest BCUT2D eigenvalue weighted by molar-refractivity contribution is -0.137. The van der Waals surface area contributed by atoms with Crippen LogP contribution in [0.25, 0.3) is 11.1 Å². The van der Waals surface area contributed by atoms with Gasteiger partial charge in [0.2, 0.25) is 0 Å². The van der Waals surface area contributed by atoms with Gasteiger partial charge in [0.05, 0.1) is 11.3 Å². The van der Waals surface area contributed by atoms with Crippen molar-refractivity contribution in [3.8, 4) is 11.1 Å². The molecule has 0 aromatic heterocycles. The second kappa shape index (κ2) is 4.70. The lowest BCUT2D eigenvalue weighted by Crippen LogP contribution is -2.03. The van der Waals surface area contributed by atoms with E-state index in [0.717, 1.165) is 17.7 Å². The fraction of sp³-hybridized carbons (Fsp3) is 0.0769. The molecule has 0 spiro atoms. The summed E-state index contributed by atoms with van der Waals surface area (Å²) >= 11 is 0. The number of benzene rings is 2. The van der Waals surface area contributed by atoms with Crippen molar-refractivity contribution < 1.29 is 18.4 Å². The maximum absolute atomic E-state index is 12.4. The lowest BCUT2D eigenvalue weighted by atomic mass is 10.0. The summed E-state index contributed by atoms with van der Waals surface area (Å²) in [5, 5.41) is 8.65. The molecule has 0 unspecified atom stereocenters. The molecule has 0 aliphatic rings. The topological polar surface area (TPSA) is 32.3 Å². The van der Waals surface area contributed by atoms with E-state index >= 15 is 0 Å². The van der Waals surface area contributed by atoms with Crippen molar-refractivity contribution >= 4 is 5.69 Å². The Morgan fingerprint density at radius 2 is 1.22 bits per heavy atom. The minimum Gasteiger partial charge on any atom is -0.291 e. The Labute approximate surface area is 102 Å². The van der Waals surface area contributed by atoms with Crippen molar-refractivity contribution in [2.45, 2.75) is 6.18 Å². The van der Waals surface area contributed by atoms with Crippen LogP contribution < -0.4 is 5.48 Å². The van der Waals surface area contributed by atoms with Gasteiger partial charge in [-0.15, -0.1) is 0 Å². The second-order valence-corrected chi connectivity index (χ2v) is 3.76. The number of hydrogen-bond donors (Lipinski definition) is 2. The maximum atomic E-state index is 12.4. The fourth-order valence-corrected chi connectivity index (χ4v) is 1.59. The molecule has 0 radical (unpaired) electrons. The van der Waals surface area contributed by atoms with Crippen molar-refractivity contribution in [2.75, 3.05) is 5.48 Å². The number of alkyl halides is 3. The van der Waals surface area contributed by atoms with Crippen LogP contribution in [0.15, 0.2) is 48.5 Å². The summed E-state index contributed by atoms with van der Waals surface area (Å²) in [5.41, 5.74) is 3.31. The van der Waals surface area contributed by atoms with Crippen LogP contribution in [0.3, 0.4) is 0 Å². The van der Waals surface area contributed by atoms with Gasteiger partial charge >= 0.3 is 6.18 Å². The molecule has 2 rings (SSSR count). The molecule has 0 saturated heterocycles. The molecule has 0 aliphatic carbocycles. The third-order valence-electron chi connectivity index (χ3n) is 2.56. The van der Waals surface area contributed by atoms with Gasteiger partial charge in [-0.3, -0.25) is 10.7 Å². The molecule has 0 heterocycles. The van der Waals surface area contributed by atoms with Crippen LogP contribution in [0.1, 0.15) is 5.56 Å². The molecule has 2 aromatic rings. The quantitative estimate of drug-likeness (QED) is 0.787. The van der Waals surface area contributed by atoms with Gasteiger partial charge in [0.15, 0.2) is 0 Å². The van der Waals surface area contributed by atoms with Crippen LogP contribution in [0.2, 0.25) is 0 Å². The van der Waals surface area contributed by atoms with Crippen molar-refractivity contribution in [1.29, 1.82) is 0 Å². The van der Waals surface area contributed by atoms with Crippen molar-refractivity contribution in [3.63, 3.8) is 0 Å². The number of halogens is 3. The first-order chi connectivity index (χ1) is 8.50. The normalized spacial score (nSPS) is 11.3. The zero-order valence-corrected chi connectivity index (χ0v) is 9.20. The first kappa shape index (κ1) is 12.4. The smallest absolute Gasteiger partial charge is 0.291 e. The molecular formula is C13H10F3NO. The SMILES string of the molecule is ONc1ccc(-c2ccc(C(F)(F)F)cc2)cc1. The van der Waals surface area contributed by atoms with Crippen molar-refractivity contribution in [1.82, 2.24) is 0 Å². The van der Waals surface area contributed by atoms with Gasteiger partial charge in [0.1, 0.15) is 0 Å². The van der Waals surface area contributed by atoms with E-state index in [1.165, 1.54) is 12.1 Å². The zero-order chi connectivity index (χ0) is 13.2. The molecule has 18 heavy (non-hydrogen) atoms. The number of anilines is 1. The van der Waals surface area contributed by atoms with E-state index in [-0.39, 0.29) is 0 Å². The molecule has 0 saturated carbocycles. The van der Waals surface area contributed by atoms with Crippen LogP contribution in [-0.4, -0.2) is 5.21 Å². The molecule has 94 valence electrons. The van der Waals surface area contributed by atoms with Crippen LogP contribution in [-0.2, 0) is 6.18 Å². The Balaban J connectivity index is 2.28. The Bertz CT molecular complexity index is 517. The summed E-state index contributed by atoms with van der Waals surface area (Å²) in [6.07, 6.45) is -4.32. The van der Waals surface area contributed by atoms with Crippen molar-refractivity contribution in [3.05, 3.63) is 54.1 Å². The molecule has 0 amide bonds. The van der Waals surface area contributed by atoms with E-state index in [9.17, 15) is 13.2 Å². The van der Waals surface area contributed by atoms with Gasteiger partial charge in [0.25, 0.3) is 0 Å². The van der Waals surface area contributed by atoms with Gasteiger partial charge in [-0.25, -0.2) is 0 Å². The minimum atomic E-state index is -4.32.